The number of hydrogen-bond donors (Lipinski definition) is 0. The summed E-state index contributed by atoms with van der Waals surface area (Å²) in [5.41, 5.74) is 1.19. The van der Waals surface area contributed by atoms with Crippen molar-refractivity contribution < 1.29 is 9.59 Å². The lowest BCUT2D eigenvalue weighted by atomic mass is 10.1. The first-order valence-corrected chi connectivity index (χ1v) is 8.24. The topological polar surface area (TPSA) is 40.6 Å². The molecule has 22 heavy (non-hydrogen) atoms. The Morgan fingerprint density at radius 1 is 1.05 bits per heavy atom. The SMILES string of the molecule is CC(=O)N(CCc1ccccc1)CC(=O)N1CCCCCC1. The minimum absolute atomic E-state index is 0.0286. The summed E-state index contributed by atoms with van der Waals surface area (Å²) in [7, 11) is 0. The van der Waals surface area contributed by atoms with Gasteiger partial charge in [0.05, 0.1) is 6.54 Å². The normalized spacial score (nSPS) is 15.2. The van der Waals surface area contributed by atoms with E-state index in [1.54, 1.807) is 11.8 Å². The summed E-state index contributed by atoms with van der Waals surface area (Å²) >= 11 is 0. The second kappa shape index (κ2) is 8.57. The third-order valence-electron chi connectivity index (χ3n) is 4.24. The van der Waals surface area contributed by atoms with Gasteiger partial charge in [0.2, 0.25) is 11.8 Å². The number of carbonyl (C=O) groups excluding carboxylic acids is 2. The minimum atomic E-state index is -0.0286. The molecule has 4 nitrogen and oxygen atoms in total. The van der Waals surface area contributed by atoms with Gasteiger partial charge >= 0.3 is 0 Å². The molecule has 0 N–H and O–H groups in total. The maximum atomic E-state index is 12.4. The molecule has 120 valence electrons. The van der Waals surface area contributed by atoms with Crippen LogP contribution in [0, 0.1) is 0 Å². The molecule has 2 amide bonds. The molecule has 0 saturated carbocycles. The van der Waals surface area contributed by atoms with Crippen LogP contribution in [0.25, 0.3) is 0 Å². The molecule has 1 aliphatic rings. The van der Waals surface area contributed by atoms with Gasteiger partial charge in [-0.25, -0.2) is 0 Å². The van der Waals surface area contributed by atoms with Gasteiger partial charge < -0.3 is 9.80 Å². The maximum Gasteiger partial charge on any atom is 0.242 e. The predicted octanol–water partition coefficient (Wildman–Crippen LogP) is 2.48. The van der Waals surface area contributed by atoms with Gasteiger partial charge in [-0.05, 0) is 24.8 Å². The summed E-state index contributed by atoms with van der Waals surface area (Å²) in [5, 5.41) is 0. The molecule has 1 fully saturated rings. The molecule has 1 saturated heterocycles. The molecular weight excluding hydrogens is 276 g/mol. The van der Waals surface area contributed by atoms with Gasteiger partial charge in [-0.15, -0.1) is 0 Å². The fourth-order valence-electron chi connectivity index (χ4n) is 2.84. The van der Waals surface area contributed by atoms with Gasteiger partial charge in [0.1, 0.15) is 0 Å². The monoisotopic (exact) mass is 302 g/mol. The van der Waals surface area contributed by atoms with Gasteiger partial charge in [-0.1, -0.05) is 43.2 Å². The lowest BCUT2D eigenvalue weighted by Gasteiger charge is -2.26. The molecule has 1 heterocycles. The number of rotatable bonds is 5. The van der Waals surface area contributed by atoms with Crippen LogP contribution in [0.2, 0.25) is 0 Å². The van der Waals surface area contributed by atoms with E-state index in [9.17, 15) is 9.59 Å². The van der Waals surface area contributed by atoms with E-state index in [4.69, 9.17) is 0 Å². The smallest absolute Gasteiger partial charge is 0.242 e. The van der Waals surface area contributed by atoms with Gasteiger partial charge in [0.15, 0.2) is 0 Å². The van der Waals surface area contributed by atoms with E-state index in [1.165, 1.54) is 18.4 Å². The van der Waals surface area contributed by atoms with E-state index in [2.05, 4.69) is 12.1 Å². The van der Waals surface area contributed by atoms with Crippen molar-refractivity contribution >= 4 is 11.8 Å². The number of carbonyl (C=O) groups is 2. The first kappa shape index (κ1) is 16.5. The molecule has 2 rings (SSSR count). The molecule has 0 unspecified atom stereocenters. The van der Waals surface area contributed by atoms with Crippen LogP contribution in [0.1, 0.15) is 38.2 Å². The van der Waals surface area contributed by atoms with Crippen molar-refractivity contribution in [1.29, 1.82) is 0 Å². The molecule has 0 spiro atoms. The lowest BCUT2D eigenvalue weighted by Crippen LogP contribution is -2.43. The van der Waals surface area contributed by atoms with Crippen LogP contribution < -0.4 is 0 Å². The molecule has 4 heteroatoms. The minimum Gasteiger partial charge on any atom is -0.341 e. The lowest BCUT2D eigenvalue weighted by molar-refractivity contribution is -0.139. The summed E-state index contributed by atoms with van der Waals surface area (Å²) in [6.07, 6.45) is 5.35. The van der Waals surface area contributed by atoms with E-state index in [1.807, 2.05) is 23.1 Å². The van der Waals surface area contributed by atoms with Crippen molar-refractivity contribution in [3.8, 4) is 0 Å². The number of hydrogen-bond acceptors (Lipinski definition) is 2. The van der Waals surface area contributed by atoms with Gasteiger partial charge in [-0.2, -0.15) is 0 Å². The highest BCUT2D eigenvalue weighted by molar-refractivity contribution is 5.83. The number of benzene rings is 1. The molecule has 1 aromatic rings. The Morgan fingerprint density at radius 2 is 1.68 bits per heavy atom. The summed E-state index contributed by atoms with van der Waals surface area (Å²) in [4.78, 5) is 27.8. The summed E-state index contributed by atoms with van der Waals surface area (Å²) in [6, 6.07) is 10.1. The average molecular weight is 302 g/mol. The number of amides is 2. The highest BCUT2D eigenvalue weighted by Gasteiger charge is 2.19. The average Bonchev–Trinajstić information content (AvgIpc) is 2.81. The number of likely N-dealkylation sites (tertiary alicyclic amines) is 1. The van der Waals surface area contributed by atoms with Crippen molar-refractivity contribution in [2.75, 3.05) is 26.2 Å². The number of nitrogens with zero attached hydrogens (tertiary/aromatic N) is 2. The molecule has 0 radical (unpaired) electrons. The van der Waals surface area contributed by atoms with Crippen LogP contribution in [-0.4, -0.2) is 47.8 Å². The van der Waals surface area contributed by atoms with Crippen molar-refractivity contribution in [2.24, 2.45) is 0 Å². The fourth-order valence-corrected chi connectivity index (χ4v) is 2.84. The van der Waals surface area contributed by atoms with Crippen LogP contribution in [-0.2, 0) is 16.0 Å². The standard InChI is InChI=1S/C18H26N2O2/c1-16(21)20(14-11-17-9-5-4-6-10-17)15-18(22)19-12-7-2-3-8-13-19/h4-6,9-10H,2-3,7-8,11-15H2,1H3. The molecule has 1 aliphatic heterocycles. The first-order chi connectivity index (χ1) is 10.7. The second-order valence-corrected chi connectivity index (χ2v) is 5.97. The summed E-state index contributed by atoms with van der Waals surface area (Å²) in [5.74, 6) is 0.0595. The first-order valence-electron chi connectivity index (χ1n) is 8.24. The highest BCUT2D eigenvalue weighted by Crippen LogP contribution is 2.10. The zero-order chi connectivity index (χ0) is 15.8. The third kappa shape index (κ3) is 5.17. The Morgan fingerprint density at radius 3 is 2.27 bits per heavy atom. The van der Waals surface area contributed by atoms with Gasteiger partial charge in [0.25, 0.3) is 0 Å². The fraction of sp³-hybridized carbons (Fsp3) is 0.556. The Kier molecular flexibility index (Phi) is 6.44. The maximum absolute atomic E-state index is 12.4. The van der Waals surface area contributed by atoms with Crippen molar-refractivity contribution in [1.82, 2.24) is 9.80 Å². The zero-order valence-electron chi connectivity index (χ0n) is 13.5. The van der Waals surface area contributed by atoms with E-state index >= 15 is 0 Å². The van der Waals surface area contributed by atoms with Crippen LogP contribution in [0.15, 0.2) is 30.3 Å². The molecule has 1 aromatic carbocycles. The third-order valence-corrected chi connectivity index (χ3v) is 4.24. The van der Waals surface area contributed by atoms with Crippen molar-refractivity contribution in [3.05, 3.63) is 35.9 Å². The molecule has 0 aromatic heterocycles. The molecular formula is C18H26N2O2. The van der Waals surface area contributed by atoms with Crippen molar-refractivity contribution in [3.63, 3.8) is 0 Å². The van der Waals surface area contributed by atoms with Crippen molar-refractivity contribution in [2.45, 2.75) is 39.0 Å². The van der Waals surface area contributed by atoms with Gasteiger partial charge in [0, 0.05) is 26.6 Å². The van der Waals surface area contributed by atoms with Gasteiger partial charge in [-0.3, -0.25) is 9.59 Å². The summed E-state index contributed by atoms with van der Waals surface area (Å²) < 4.78 is 0. The van der Waals surface area contributed by atoms with Crippen LogP contribution >= 0.6 is 0 Å². The van der Waals surface area contributed by atoms with E-state index < -0.39 is 0 Å². The molecule has 0 atom stereocenters. The molecule has 0 bridgehead atoms. The van der Waals surface area contributed by atoms with E-state index in [0.717, 1.165) is 32.4 Å². The Balaban J connectivity index is 1.87. The highest BCUT2D eigenvalue weighted by atomic mass is 16.2. The zero-order valence-corrected chi connectivity index (χ0v) is 13.5. The van der Waals surface area contributed by atoms with E-state index in [0.29, 0.717) is 6.54 Å². The van der Waals surface area contributed by atoms with Crippen LogP contribution in [0.5, 0.6) is 0 Å². The van der Waals surface area contributed by atoms with E-state index in [-0.39, 0.29) is 18.4 Å². The largest absolute Gasteiger partial charge is 0.341 e. The Bertz CT molecular complexity index is 479. The summed E-state index contributed by atoms with van der Waals surface area (Å²) in [6.45, 7) is 4.02. The van der Waals surface area contributed by atoms with Crippen LogP contribution in [0.3, 0.4) is 0 Å². The Hall–Kier alpha value is -1.84. The Labute approximate surface area is 133 Å². The van der Waals surface area contributed by atoms with Crippen LogP contribution in [0.4, 0.5) is 0 Å². The predicted molar refractivity (Wildman–Crippen MR) is 87.4 cm³/mol. The second-order valence-electron chi connectivity index (χ2n) is 5.97. The molecule has 0 aliphatic carbocycles. The quantitative estimate of drug-likeness (QED) is 0.838.